The van der Waals surface area contributed by atoms with E-state index in [0.29, 0.717) is 6.54 Å². The molecule has 2 N–H and O–H groups in total. The quantitative estimate of drug-likeness (QED) is 0.797. The topological polar surface area (TPSA) is 44.4 Å². The zero-order chi connectivity index (χ0) is 19.2. The third kappa shape index (κ3) is 5.60. The van der Waals surface area contributed by atoms with Crippen LogP contribution in [0.4, 0.5) is 4.79 Å². The van der Waals surface area contributed by atoms with Crippen molar-refractivity contribution in [3.8, 4) is 0 Å². The minimum Gasteiger partial charge on any atom is -0.337 e. The van der Waals surface area contributed by atoms with Crippen LogP contribution in [-0.2, 0) is 12.0 Å². The summed E-state index contributed by atoms with van der Waals surface area (Å²) in [5, 5.41) is 6.14. The molecule has 140 valence electrons. The largest absolute Gasteiger partial charge is 0.337 e. The van der Waals surface area contributed by atoms with E-state index in [1.807, 2.05) is 58.3 Å². The first-order valence-electron chi connectivity index (χ1n) is 9.12. The molecule has 4 heteroatoms. The first-order chi connectivity index (χ1) is 12.3. The normalized spacial score (nSPS) is 12.7. The Hall–Kier alpha value is -2.33. The van der Waals surface area contributed by atoms with Gasteiger partial charge in [-0.25, -0.2) is 4.79 Å². The highest BCUT2D eigenvalue weighted by Crippen LogP contribution is 2.23. The zero-order valence-electron chi connectivity index (χ0n) is 16.5. The molecule has 0 saturated carbocycles. The lowest BCUT2D eigenvalue weighted by Gasteiger charge is -2.30. The first-order valence-corrected chi connectivity index (χ1v) is 9.12. The van der Waals surface area contributed by atoms with Crippen molar-refractivity contribution in [2.24, 2.45) is 0 Å². The van der Waals surface area contributed by atoms with E-state index < -0.39 is 5.54 Å². The molecular weight excluding hydrogens is 322 g/mol. The molecule has 0 unspecified atom stereocenters. The fourth-order valence-electron chi connectivity index (χ4n) is 3.20. The predicted molar refractivity (Wildman–Crippen MR) is 108 cm³/mol. The second-order valence-electron chi connectivity index (χ2n) is 7.58. The van der Waals surface area contributed by atoms with E-state index in [2.05, 4.69) is 46.7 Å². The molecule has 2 aromatic rings. The fourth-order valence-corrected chi connectivity index (χ4v) is 3.20. The van der Waals surface area contributed by atoms with Crippen molar-refractivity contribution in [3.63, 3.8) is 0 Å². The van der Waals surface area contributed by atoms with Gasteiger partial charge in [-0.15, -0.1) is 0 Å². The summed E-state index contributed by atoms with van der Waals surface area (Å²) in [5.41, 5.74) is 3.15. The molecule has 1 atom stereocenters. The van der Waals surface area contributed by atoms with Gasteiger partial charge in [0.2, 0.25) is 0 Å². The summed E-state index contributed by atoms with van der Waals surface area (Å²) in [6, 6.07) is 18.6. The molecule has 0 heterocycles. The average Bonchev–Trinajstić information content (AvgIpc) is 2.59. The standard InChI is InChI=1S/C22H31N3O/c1-17-11-9-10-14-20(17)22(2,3)24-21(26)23-16-19(25(4)5)15-18-12-7-6-8-13-18/h6-14,19H,15-16H2,1-5H3,(H2,23,24,26)/t19-/m0/s1. The third-order valence-corrected chi connectivity index (χ3v) is 4.79. The van der Waals surface area contributed by atoms with Crippen LogP contribution in [0.2, 0.25) is 0 Å². The molecule has 0 radical (unpaired) electrons. The van der Waals surface area contributed by atoms with E-state index in [1.54, 1.807) is 0 Å². The second kappa shape index (κ2) is 8.86. The molecule has 0 aromatic heterocycles. The number of carbonyl (C=O) groups is 1. The van der Waals surface area contributed by atoms with Crippen LogP contribution in [0.3, 0.4) is 0 Å². The van der Waals surface area contributed by atoms with E-state index in [4.69, 9.17) is 0 Å². The number of rotatable bonds is 7. The third-order valence-electron chi connectivity index (χ3n) is 4.79. The van der Waals surface area contributed by atoms with Gasteiger partial charge in [0.15, 0.2) is 0 Å². The van der Waals surface area contributed by atoms with Crippen LogP contribution in [0.25, 0.3) is 0 Å². The van der Waals surface area contributed by atoms with E-state index in [1.165, 1.54) is 11.1 Å². The zero-order valence-corrected chi connectivity index (χ0v) is 16.5. The Balaban J connectivity index is 1.94. The van der Waals surface area contributed by atoms with Gasteiger partial charge in [-0.05, 0) is 58.0 Å². The molecule has 4 nitrogen and oxygen atoms in total. The van der Waals surface area contributed by atoms with Crippen molar-refractivity contribution in [1.82, 2.24) is 15.5 Å². The number of hydrogen-bond donors (Lipinski definition) is 2. The van der Waals surface area contributed by atoms with Crippen molar-refractivity contribution in [2.45, 2.75) is 38.8 Å². The summed E-state index contributed by atoms with van der Waals surface area (Å²) in [6.07, 6.45) is 0.898. The Kier molecular flexibility index (Phi) is 6.81. The molecule has 0 aliphatic heterocycles. The smallest absolute Gasteiger partial charge is 0.315 e. The van der Waals surface area contributed by atoms with E-state index in [-0.39, 0.29) is 12.1 Å². The second-order valence-corrected chi connectivity index (χ2v) is 7.58. The lowest BCUT2D eigenvalue weighted by Crippen LogP contribution is -2.50. The highest BCUT2D eigenvalue weighted by Gasteiger charge is 2.24. The summed E-state index contributed by atoms with van der Waals surface area (Å²) < 4.78 is 0. The molecule has 2 aromatic carbocycles. The number of carbonyl (C=O) groups excluding carboxylic acids is 1. The molecular formula is C22H31N3O. The monoisotopic (exact) mass is 353 g/mol. The van der Waals surface area contributed by atoms with Crippen molar-refractivity contribution >= 4 is 6.03 Å². The fraction of sp³-hybridized carbons (Fsp3) is 0.409. The molecule has 26 heavy (non-hydrogen) atoms. The van der Waals surface area contributed by atoms with Crippen LogP contribution < -0.4 is 10.6 Å². The Morgan fingerprint density at radius 3 is 2.27 bits per heavy atom. The van der Waals surface area contributed by atoms with Crippen molar-refractivity contribution in [3.05, 3.63) is 71.3 Å². The predicted octanol–water partition coefficient (Wildman–Crippen LogP) is 3.70. The Morgan fingerprint density at radius 2 is 1.65 bits per heavy atom. The van der Waals surface area contributed by atoms with Crippen LogP contribution in [0.15, 0.2) is 54.6 Å². The average molecular weight is 354 g/mol. The number of likely N-dealkylation sites (N-methyl/N-ethyl adjacent to an activating group) is 1. The summed E-state index contributed by atoms with van der Waals surface area (Å²) >= 11 is 0. The highest BCUT2D eigenvalue weighted by molar-refractivity contribution is 5.75. The highest BCUT2D eigenvalue weighted by atomic mass is 16.2. The molecule has 0 fully saturated rings. The Bertz CT molecular complexity index is 710. The van der Waals surface area contributed by atoms with Gasteiger partial charge in [-0.3, -0.25) is 0 Å². The van der Waals surface area contributed by atoms with Crippen LogP contribution >= 0.6 is 0 Å². The number of aryl methyl sites for hydroxylation is 1. The SMILES string of the molecule is Cc1ccccc1C(C)(C)NC(=O)NC[C@H](Cc1ccccc1)N(C)C. The lowest BCUT2D eigenvalue weighted by molar-refractivity contribution is 0.222. The van der Waals surface area contributed by atoms with Crippen LogP contribution in [0.1, 0.15) is 30.5 Å². The number of nitrogens with zero attached hydrogens (tertiary/aromatic N) is 1. The van der Waals surface area contributed by atoms with Crippen LogP contribution in [0, 0.1) is 6.92 Å². The van der Waals surface area contributed by atoms with Gasteiger partial charge in [-0.1, -0.05) is 54.6 Å². The number of urea groups is 1. The van der Waals surface area contributed by atoms with Crippen molar-refractivity contribution < 1.29 is 4.79 Å². The number of hydrogen-bond acceptors (Lipinski definition) is 2. The van der Waals surface area contributed by atoms with Gasteiger partial charge in [0.25, 0.3) is 0 Å². The van der Waals surface area contributed by atoms with Crippen molar-refractivity contribution in [1.29, 1.82) is 0 Å². The lowest BCUT2D eigenvalue weighted by atomic mass is 9.90. The summed E-state index contributed by atoms with van der Waals surface area (Å²) in [7, 11) is 4.09. The summed E-state index contributed by atoms with van der Waals surface area (Å²) in [4.78, 5) is 14.6. The van der Waals surface area contributed by atoms with Crippen LogP contribution in [-0.4, -0.2) is 37.6 Å². The van der Waals surface area contributed by atoms with E-state index in [9.17, 15) is 4.79 Å². The van der Waals surface area contributed by atoms with Gasteiger partial charge in [0, 0.05) is 12.6 Å². The van der Waals surface area contributed by atoms with Gasteiger partial charge < -0.3 is 15.5 Å². The molecule has 0 aliphatic carbocycles. The molecule has 2 amide bonds. The van der Waals surface area contributed by atoms with Gasteiger partial charge >= 0.3 is 6.03 Å². The van der Waals surface area contributed by atoms with Crippen molar-refractivity contribution in [2.75, 3.05) is 20.6 Å². The maximum absolute atomic E-state index is 12.5. The summed E-state index contributed by atoms with van der Waals surface area (Å²) in [6.45, 7) is 6.72. The van der Waals surface area contributed by atoms with Crippen LogP contribution in [0.5, 0.6) is 0 Å². The summed E-state index contributed by atoms with van der Waals surface area (Å²) in [5.74, 6) is 0. The maximum atomic E-state index is 12.5. The molecule has 0 saturated heterocycles. The number of benzene rings is 2. The first kappa shape index (κ1) is 20.0. The van der Waals surface area contributed by atoms with Gasteiger partial charge in [0.1, 0.15) is 0 Å². The minimum absolute atomic E-state index is 0.141. The number of nitrogens with one attached hydrogen (secondary N) is 2. The Morgan fingerprint density at radius 1 is 1.04 bits per heavy atom. The van der Waals surface area contributed by atoms with Gasteiger partial charge in [-0.2, -0.15) is 0 Å². The molecule has 0 bridgehead atoms. The minimum atomic E-state index is -0.428. The van der Waals surface area contributed by atoms with E-state index in [0.717, 1.165) is 12.0 Å². The van der Waals surface area contributed by atoms with Gasteiger partial charge in [0.05, 0.1) is 5.54 Å². The maximum Gasteiger partial charge on any atom is 0.315 e. The van der Waals surface area contributed by atoms with E-state index >= 15 is 0 Å². The number of amides is 2. The Labute approximate surface area is 157 Å². The molecule has 0 spiro atoms. The molecule has 2 rings (SSSR count). The molecule has 0 aliphatic rings.